The summed E-state index contributed by atoms with van der Waals surface area (Å²) in [6, 6.07) is 20.5. The summed E-state index contributed by atoms with van der Waals surface area (Å²) in [5.41, 5.74) is 0. The zero-order valence-electron chi connectivity index (χ0n) is 19.7. The van der Waals surface area contributed by atoms with Crippen molar-refractivity contribution in [2.45, 2.75) is 64.5 Å². The first-order chi connectivity index (χ1) is 15.3. The molecule has 6 heteroatoms. The van der Waals surface area contributed by atoms with Gasteiger partial charge in [0.2, 0.25) is 5.91 Å². The molecule has 1 aliphatic rings. The molecule has 1 aliphatic heterocycles. The minimum atomic E-state index is -2.72. The van der Waals surface area contributed by atoms with Crippen LogP contribution in [0.1, 0.15) is 53.4 Å². The normalized spacial score (nSPS) is 16.9. The number of imide groups is 1. The first-order valence-corrected chi connectivity index (χ1v) is 13.5. The number of carbonyl (C=O) groups excluding carboxylic acids is 2. The van der Waals surface area contributed by atoms with E-state index >= 15 is 0 Å². The number of carbonyl (C=O) groups is 2. The monoisotopic (exact) mass is 453 g/mol. The van der Waals surface area contributed by atoms with Gasteiger partial charge in [-0.25, -0.2) is 9.69 Å². The molecule has 0 spiro atoms. The van der Waals surface area contributed by atoms with Gasteiger partial charge in [-0.3, -0.25) is 4.79 Å². The van der Waals surface area contributed by atoms with E-state index in [0.717, 1.165) is 12.8 Å². The molecule has 2 aromatic rings. The van der Waals surface area contributed by atoms with Crippen LogP contribution < -0.4 is 10.4 Å². The summed E-state index contributed by atoms with van der Waals surface area (Å²) in [5, 5.41) is 2.20. The van der Waals surface area contributed by atoms with Gasteiger partial charge in [-0.15, -0.1) is 0 Å². The molecule has 0 aromatic heterocycles. The summed E-state index contributed by atoms with van der Waals surface area (Å²) >= 11 is 0. The maximum Gasteiger partial charge on any atom is 0.416 e. The van der Waals surface area contributed by atoms with Crippen molar-refractivity contribution in [2.75, 3.05) is 13.2 Å². The van der Waals surface area contributed by atoms with Gasteiger partial charge in [-0.2, -0.15) is 0 Å². The van der Waals surface area contributed by atoms with Gasteiger partial charge in [-0.05, 0) is 28.3 Å². The van der Waals surface area contributed by atoms with Crippen LogP contribution in [0.2, 0.25) is 5.04 Å². The molecule has 1 fully saturated rings. The van der Waals surface area contributed by atoms with Gasteiger partial charge in [0.1, 0.15) is 0 Å². The van der Waals surface area contributed by atoms with Crippen LogP contribution in [0.3, 0.4) is 0 Å². The summed E-state index contributed by atoms with van der Waals surface area (Å²) < 4.78 is 12.3. The van der Waals surface area contributed by atoms with Gasteiger partial charge in [0.15, 0.2) is 0 Å². The number of benzene rings is 2. The molecule has 1 atom stereocenters. The summed E-state index contributed by atoms with van der Waals surface area (Å²) in [5.74, 6) is -0.178. The van der Waals surface area contributed by atoms with E-state index in [4.69, 9.17) is 9.16 Å². The lowest BCUT2D eigenvalue weighted by atomic mass is 10.2. The zero-order valence-corrected chi connectivity index (χ0v) is 20.7. The molecule has 0 saturated carbocycles. The lowest BCUT2D eigenvalue weighted by Gasteiger charge is -2.43. The highest BCUT2D eigenvalue weighted by Gasteiger charge is 2.51. The standard InChI is InChI=1S/C26H35NO4Si/c1-5-6-19-30-25(29)27-21(17-18-24(27)28)20-31-32(26(2,3)4,22-13-9-7-10-14-22)23-15-11-8-12-16-23/h7-16,21H,5-6,17-20H2,1-4H3/t21-/m0/s1. The maximum absolute atomic E-state index is 12.6. The number of nitrogens with zero attached hydrogens (tertiary/aromatic N) is 1. The van der Waals surface area contributed by atoms with Crippen LogP contribution >= 0.6 is 0 Å². The van der Waals surface area contributed by atoms with Crippen LogP contribution in [0.15, 0.2) is 60.7 Å². The van der Waals surface area contributed by atoms with Gasteiger partial charge in [0.25, 0.3) is 8.32 Å². The van der Waals surface area contributed by atoms with Gasteiger partial charge in [0.05, 0.1) is 19.3 Å². The van der Waals surface area contributed by atoms with Crippen molar-refractivity contribution in [3.8, 4) is 0 Å². The largest absolute Gasteiger partial charge is 0.449 e. The average Bonchev–Trinajstić information content (AvgIpc) is 3.15. The number of hydrogen-bond acceptors (Lipinski definition) is 4. The molecule has 172 valence electrons. The molecule has 2 amide bonds. The summed E-state index contributed by atoms with van der Waals surface area (Å²) in [4.78, 5) is 26.4. The smallest absolute Gasteiger partial charge is 0.416 e. The number of likely N-dealkylation sites (tertiary alicyclic amines) is 1. The number of ether oxygens (including phenoxy) is 1. The Balaban J connectivity index is 1.92. The second kappa shape index (κ2) is 10.4. The van der Waals surface area contributed by atoms with Crippen molar-refractivity contribution in [2.24, 2.45) is 0 Å². The van der Waals surface area contributed by atoms with Crippen molar-refractivity contribution in [3.05, 3.63) is 60.7 Å². The lowest BCUT2D eigenvalue weighted by molar-refractivity contribution is -0.127. The number of amides is 2. The first kappa shape index (κ1) is 24.2. The second-order valence-electron chi connectivity index (χ2n) is 9.40. The highest BCUT2D eigenvalue weighted by molar-refractivity contribution is 6.99. The molecule has 2 aromatic carbocycles. The van der Waals surface area contributed by atoms with Crippen molar-refractivity contribution in [1.82, 2.24) is 4.90 Å². The Hall–Kier alpha value is -2.44. The summed E-state index contributed by atoms with van der Waals surface area (Å²) in [7, 11) is -2.72. The molecule has 0 N–H and O–H groups in total. The van der Waals surface area contributed by atoms with Crippen molar-refractivity contribution in [3.63, 3.8) is 0 Å². The van der Waals surface area contributed by atoms with Crippen molar-refractivity contribution in [1.29, 1.82) is 0 Å². The Kier molecular flexibility index (Phi) is 7.90. The Labute approximate surface area is 192 Å². The van der Waals surface area contributed by atoms with Gasteiger partial charge in [0, 0.05) is 6.42 Å². The van der Waals surface area contributed by atoms with Gasteiger partial charge in [-0.1, -0.05) is 94.8 Å². The summed E-state index contributed by atoms with van der Waals surface area (Å²) in [6.07, 6.45) is 2.12. The van der Waals surface area contributed by atoms with E-state index in [9.17, 15) is 9.59 Å². The number of rotatable bonds is 8. The molecule has 3 rings (SSSR count). The van der Waals surface area contributed by atoms with Crippen LogP contribution in [0, 0.1) is 0 Å². The molecule has 1 heterocycles. The van der Waals surface area contributed by atoms with Gasteiger partial charge < -0.3 is 9.16 Å². The molecular formula is C26H35NO4Si. The maximum atomic E-state index is 12.6. The molecule has 5 nitrogen and oxygen atoms in total. The van der Waals surface area contributed by atoms with E-state index in [1.807, 2.05) is 43.3 Å². The summed E-state index contributed by atoms with van der Waals surface area (Å²) in [6.45, 7) is 9.33. The van der Waals surface area contributed by atoms with Crippen LogP contribution in [-0.2, 0) is 14.0 Å². The van der Waals surface area contributed by atoms with Crippen LogP contribution in [0.5, 0.6) is 0 Å². The van der Waals surface area contributed by atoms with Gasteiger partial charge >= 0.3 is 6.09 Å². The molecule has 1 saturated heterocycles. The molecule has 0 radical (unpaired) electrons. The number of hydrogen-bond donors (Lipinski definition) is 0. The highest BCUT2D eigenvalue weighted by atomic mass is 28.4. The molecular weight excluding hydrogens is 418 g/mol. The molecule has 32 heavy (non-hydrogen) atoms. The Morgan fingerprint density at radius 2 is 1.59 bits per heavy atom. The molecule has 0 unspecified atom stereocenters. The molecule has 0 aliphatic carbocycles. The Bertz CT molecular complexity index is 856. The SMILES string of the molecule is CCCCOC(=O)N1C(=O)CC[C@H]1CO[Si](c1ccccc1)(c1ccccc1)C(C)(C)C. The topological polar surface area (TPSA) is 55.8 Å². The number of unbranched alkanes of at least 4 members (excludes halogenated alkanes) is 1. The second-order valence-corrected chi connectivity index (χ2v) is 13.7. The quantitative estimate of drug-likeness (QED) is 0.436. The van der Waals surface area contributed by atoms with E-state index in [2.05, 4.69) is 45.0 Å². The highest BCUT2D eigenvalue weighted by Crippen LogP contribution is 2.37. The predicted molar refractivity (Wildman–Crippen MR) is 130 cm³/mol. The minimum absolute atomic E-state index is 0.162. The predicted octanol–water partition coefficient (Wildman–Crippen LogP) is 4.49. The zero-order chi connectivity index (χ0) is 23.2. The van der Waals surface area contributed by atoms with E-state index in [1.54, 1.807) is 0 Å². The van der Waals surface area contributed by atoms with E-state index in [1.165, 1.54) is 15.3 Å². The van der Waals surface area contributed by atoms with Crippen LogP contribution in [0.4, 0.5) is 4.79 Å². The van der Waals surface area contributed by atoms with E-state index in [-0.39, 0.29) is 17.0 Å². The third-order valence-corrected chi connectivity index (χ3v) is 11.2. The average molecular weight is 454 g/mol. The minimum Gasteiger partial charge on any atom is -0.449 e. The lowest BCUT2D eigenvalue weighted by Crippen LogP contribution is -2.67. The van der Waals surface area contributed by atoms with Crippen molar-refractivity contribution >= 4 is 30.7 Å². The van der Waals surface area contributed by atoms with E-state index < -0.39 is 14.4 Å². The van der Waals surface area contributed by atoms with Crippen LogP contribution in [-0.4, -0.2) is 44.5 Å². The Morgan fingerprint density at radius 1 is 1.03 bits per heavy atom. The Morgan fingerprint density at radius 3 is 2.09 bits per heavy atom. The van der Waals surface area contributed by atoms with Crippen LogP contribution in [0.25, 0.3) is 0 Å². The third kappa shape index (κ3) is 4.97. The fourth-order valence-corrected chi connectivity index (χ4v) is 9.11. The van der Waals surface area contributed by atoms with E-state index in [0.29, 0.717) is 26.1 Å². The fraction of sp³-hybridized carbons (Fsp3) is 0.462. The third-order valence-electron chi connectivity index (χ3n) is 6.15. The fourth-order valence-electron chi connectivity index (χ4n) is 4.51. The van der Waals surface area contributed by atoms with Crippen molar-refractivity contribution < 1.29 is 18.8 Å². The molecule has 0 bridgehead atoms. The first-order valence-electron chi connectivity index (χ1n) is 11.5.